The van der Waals surface area contributed by atoms with E-state index in [1.165, 1.54) is 10.1 Å². The number of methoxy groups -OCH3 is 1. The second-order valence-corrected chi connectivity index (χ2v) is 6.26. The highest BCUT2D eigenvalue weighted by atomic mass is 16.5. The van der Waals surface area contributed by atoms with Crippen LogP contribution >= 0.6 is 0 Å². The molecule has 3 aromatic rings. The Hall–Kier alpha value is -2.80. The number of aromatic nitrogens is 4. The molecule has 7 heteroatoms. The maximum atomic E-state index is 12.8. The summed E-state index contributed by atoms with van der Waals surface area (Å²) in [7, 11) is 1.75. The van der Waals surface area contributed by atoms with Crippen LogP contribution in [0.3, 0.4) is 0 Å². The third kappa shape index (κ3) is 2.76. The van der Waals surface area contributed by atoms with E-state index in [0.717, 1.165) is 12.8 Å². The number of ether oxygens (including phenoxy) is 1. The molecular formula is C18H19N5O2. The van der Waals surface area contributed by atoms with E-state index >= 15 is 0 Å². The van der Waals surface area contributed by atoms with E-state index < -0.39 is 0 Å². The van der Waals surface area contributed by atoms with Gasteiger partial charge in [0.05, 0.1) is 11.2 Å². The number of fused-ring (bicyclic) bond motifs is 1. The largest absolute Gasteiger partial charge is 0.373 e. The summed E-state index contributed by atoms with van der Waals surface area (Å²) in [6, 6.07) is 13.7. The van der Waals surface area contributed by atoms with Crippen LogP contribution in [0.5, 0.6) is 0 Å². The van der Waals surface area contributed by atoms with E-state index in [2.05, 4.69) is 27.7 Å². The molecule has 0 atom stereocenters. The van der Waals surface area contributed by atoms with Gasteiger partial charge in [-0.05, 0) is 41.0 Å². The molecule has 2 aromatic heterocycles. The van der Waals surface area contributed by atoms with Crippen molar-refractivity contribution in [2.75, 3.05) is 20.2 Å². The Morgan fingerprint density at radius 3 is 2.60 bits per heavy atom. The topological polar surface area (TPSA) is 72.6 Å². The summed E-state index contributed by atoms with van der Waals surface area (Å²) >= 11 is 0. The molecule has 1 amide bonds. The number of tetrazole rings is 1. The normalized spacial score (nSPS) is 16.9. The lowest BCUT2D eigenvalue weighted by atomic mass is 9.84. The van der Waals surface area contributed by atoms with E-state index in [0.29, 0.717) is 24.3 Å². The number of nitrogens with zero attached hydrogens (tertiary/aromatic N) is 5. The van der Waals surface area contributed by atoms with Crippen LogP contribution in [0.4, 0.5) is 0 Å². The van der Waals surface area contributed by atoms with Gasteiger partial charge in [-0.25, -0.2) is 0 Å². The first-order valence-corrected chi connectivity index (χ1v) is 8.30. The van der Waals surface area contributed by atoms with Crippen molar-refractivity contribution < 1.29 is 9.53 Å². The van der Waals surface area contributed by atoms with Crippen LogP contribution in [0.25, 0.3) is 5.65 Å². The highest BCUT2D eigenvalue weighted by Crippen LogP contribution is 2.36. The van der Waals surface area contributed by atoms with E-state index in [-0.39, 0.29) is 11.5 Å². The van der Waals surface area contributed by atoms with Crippen LogP contribution in [0.2, 0.25) is 0 Å². The van der Waals surface area contributed by atoms with Crippen molar-refractivity contribution in [2.24, 2.45) is 0 Å². The highest BCUT2D eigenvalue weighted by molar-refractivity contribution is 5.94. The van der Waals surface area contributed by atoms with Crippen molar-refractivity contribution in [3.8, 4) is 0 Å². The van der Waals surface area contributed by atoms with Crippen LogP contribution < -0.4 is 0 Å². The fraction of sp³-hybridized carbons (Fsp3) is 0.333. The van der Waals surface area contributed by atoms with Gasteiger partial charge >= 0.3 is 0 Å². The first-order valence-electron chi connectivity index (χ1n) is 8.30. The summed E-state index contributed by atoms with van der Waals surface area (Å²) in [6.07, 6.45) is 3.21. The third-order valence-electron chi connectivity index (χ3n) is 4.99. The monoisotopic (exact) mass is 337 g/mol. The van der Waals surface area contributed by atoms with Crippen molar-refractivity contribution in [1.29, 1.82) is 0 Å². The van der Waals surface area contributed by atoms with E-state index in [1.807, 2.05) is 23.1 Å². The quantitative estimate of drug-likeness (QED) is 0.730. The molecule has 0 spiro atoms. The molecule has 0 bridgehead atoms. The fourth-order valence-corrected chi connectivity index (χ4v) is 3.47. The smallest absolute Gasteiger partial charge is 0.255 e. The summed E-state index contributed by atoms with van der Waals surface area (Å²) in [5, 5.41) is 11.3. The molecule has 4 rings (SSSR count). The average molecular weight is 337 g/mol. The van der Waals surface area contributed by atoms with Crippen molar-refractivity contribution in [3.63, 3.8) is 0 Å². The Balaban J connectivity index is 1.51. The summed E-state index contributed by atoms with van der Waals surface area (Å²) in [6.45, 7) is 1.30. The Labute approximate surface area is 145 Å². The van der Waals surface area contributed by atoms with Crippen molar-refractivity contribution in [3.05, 3.63) is 59.8 Å². The molecule has 3 heterocycles. The van der Waals surface area contributed by atoms with Crippen molar-refractivity contribution in [1.82, 2.24) is 24.9 Å². The number of piperidine rings is 1. The lowest BCUT2D eigenvalue weighted by molar-refractivity contribution is -0.0574. The lowest BCUT2D eigenvalue weighted by Crippen LogP contribution is -2.46. The van der Waals surface area contributed by atoms with Gasteiger partial charge in [-0.15, -0.1) is 5.10 Å². The number of benzene rings is 1. The number of hydrogen-bond acceptors (Lipinski definition) is 5. The van der Waals surface area contributed by atoms with E-state index in [9.17, 15) is 4.79 Å². The lowest BCUT2D eigenvalue weighted by Gasteiger charge is -2.41. The van der Waals surface area contributed by atoms with Gasteiger partial charge in [0.15, 0.2) is 5.65 Å². The molecule has 0 radical (unpaired) electrons. The first kappa shape index (κ1) is 15.7. The summed E-state index contributed by atoms with van der Waals surface area (Å²) < 4.78 is 7.39. The van der Waals surface area contributed by atoms with E-state index in [4.69, 9.17) is 4.74 Å². The predicted octanol–water partition coefficient (Wildman–Crippen LogP) is 1.90. The molecule has 1 aromatic carbocycles. The third-order valence-corrected chi connectivity index (χ3v) is 4.99. The number of carbonyl (C=O) groups is 1. The first-order chi connectivity index (χ1) is 12.2. The minimum Gasteiger partial charge on any atom is -0.373 e. The summed E-state index contributed by atoms with van der Waals surface area (Å²) in [5.41, 5.74) is 2.06. The van der Waals surface area contributed by atoms with Crippen molar-refractivity contribution >= 4 is 11.6 Å². The van der Waals surface area contributed by atoms with Crippen LogP contribution in [-0.2, 0) is 10.3 Å². The van der Waals surface area contributed by atoms with Gasteiger partial charge in [0.2, 0.25) is 0 Å². The summed E-state index contributed by atoms with van der Waals surface area (Å²) in [5.74, 6) is -0.00448. The van der Waals surface area contributed by atoms with Gasteiger partial charge in [-0.2, -0.15) is 4.52 Å². The SMILES string of the molecule is COC1(c2ccccc2)CCN(C(=O)c2ccc3nnnn3c2)CC1. The number of amides is 1. The molecule has 0 unspecified atom stereocenters. The number of pyridine rings is 1. The molecule has 128 valence electrons. The van der Waals surface area contributed by atoms with Crippen LogP contribution in [0.1, 0.15) is 28.8 Å². The van der Waals surface area contributed by atoms with Gasteiger partial charge in [-0.3, -0.25) is 4.79 Å². The van der Waals surface area contributed by atoms with Gasteiger partial charge in [0.1, 0.15) is 0 Å². The zero-order valence-electron chi connectivity index (χ0n) is 14.0. The van der Waals surface area contributed by atoms with Crippen molar-refractivity contribution in [2.45, 2.75) is 18.4 Å². The number of likely N-dealkylation sites (tertiary alicyclic amines) is 1. The standard InChI is InChI=1S/C18H19N5O2/c1-25-18(15-5-3-2-4-6-15)9-11-22(12-10-18)17(24)14-7-8-16-19-20-21-23(16)13-14/h2-8,13H,9-12H2,1H3. The number of carbonyl (C=O) groups excluding carboxylic acids is 1. The van der Waals surface area contributed by atoms with Gasteiger partial charge < -0.3 is 9.64 Å². The number of hydrogen-bond donors (Lipinski definition) is 0. The zero-order valence-corrected chi connectivity index (χ0v) is 14.0. The molecule has 1 saturated heterocycles. The number of rotatable bonds is 3. The highest BCUT2D eigenvalue weighted by Gasteiger charge is 2.37. The molecule has 7 nitrogen and oxygen atoms in total. The van der Waals surface area contributed by atoms with Gasteiger partial charge in [0.25, 0.3) is 5.91 Å². The summed E-state index contributed by atoms with van der Waals surface area (Å²) in [4.78, 5) is 14.7. The molecule has 0 N–H and O–H groups in total. The van der Waals surface area contributed by atoms with E-state index in [1.54, 1.807) is 25.4 Å². The Morgan fingerprint density at radius 2 is 1.88 bits per heavy atom. The Kier molecular flexibility index (Phi) is 3.93. The van der Waals surface area contributed by atoms with Crippen LogP contribution in [0.15, 0.2) is 48.7 Å². The molecular weight excluding hydrogens is 318 g/mol. The van der Waals surface area contributed by atoms with Crippen LogP contribution in [-0.4, -0.2) is 51.0 Å². The van der Waals surface area contributed by atoms with Crippen LogP contribution in [0, 0.1) is 0 Å². The average Bonchev–Trinajstić information content (AvgIpc) is 3.16. The Bertz CT molecular complexity index is 885. The van der Waals surface area contributed by atoms with Gasteiger partial charge in [0, 0.05) is 26.4 Å². The molecule has 1 fully saturated rings. The zero-order chi connectivity index (χ0) is 17.3. The predicted molar refractivity (Wildman–Crippen MR) is 91.0 cm³/mol. The molecule has 0 aliphatic carbocycles. The maximum Gasteiger partial charge on any atom is 0.255 e. The Morgan fingerprint density at radius 1 is 1.12 bits per heavy atom. The minimum absolute atomic E-state index is 0.00448. The maximum absolute atomic E-state index is 12.8. The van der Waals surface area contributed by atoms with Gasteiger partial charge in [-0.1, -0.05) is 30.3 Å². The molecule has 1 aliphatic rings. The molecule has 25 heavy (non-hydrogen) atoms. The fourth-order valence-electron chi connectivity index (χ4n) is 3.47. The second kappa shape index (κ2) is 6.25. The molecule has 1 aliphatic heterocycles. The molecule has 0 saturated carbocycles. The minimum atomic E-state index is -0.322. The second-order valence-electron chi connectivity index (χ2n) is 6.26.